The summed E-state index contributed by atoms with van der Waals surface area (Å²) in [4.78, 5) is 21.4. The molecule has 0 amide bonds. The molecule has 0 fully saturated rings. The highest BCUT2D eigenvalue weighted by molar-refractivity contribution is 5.93. The topological polar surface area (TPSA) is 84.8 Å². The molecule has 0 saturated heterocycles. The number of rotatable bonds is 5. The SMILES string of the molecule is COc1ccc(OC)c(-c2ncc(C(=O)O)c(N(C)C)n2)c1. The van der Waals surface area contributed by atoms with E-state index in [-0.39, 0.29) is 5.56 Å². The van der Waals surface area contributed by atoms with Crippen molar-refractivity contribution in [2.75, 3.05) is 33.2 Å². The number of aromatic carboxylic acids is 1. The molecule has 7 nitrogen and oxygen atoms in total. The number of carbonyl (C=O) groups is 1. The molecular formula is C15H17N3O4. The van der Waals surface area contributed by atoms with Gasteiger partial charge in [-0.3, -0.25) is 0 Å². The van der Waals surface area contributed by atoms with Gasteiger partial charge in [-0.15, -0.1) is 0 Å². The molecular weight excluding hydrogens is 286 g/mol. The molecule has 0 spiro atoms. The number of carboxylic acid groups (broad SMARTS) is 1. The lowest BCUT2D eigenvalue weighted by atomic mass is 10.1. The number of methoxy groups -OCH3 is 2. The van der Waals surface area contributed by atoms with E-state index in [0.29, 0.717) is 28.7 Å². The van der Waals surface area contributed by atoms with Gasteiger partial charge in [-0.05, 0) is 18.2 Å². The second-order valence-corrected chi connectivity index (χ2v) is 4.70. The fraction of sp³-hybridized carbons (Fsp3) is 0.267. The summed E-state index contributed by atoms with van der Waals surface area (Å²) < 4.78 is 10.5. The van der Waals surface area contributed by atoms with E-state index >= 15 is 0 Å². The van der Waals surface area contributed by atoms with Crippen molar-refractivity contribution < 1.29 is 19.4 Å². The summed E-state index contributed by atoms with van der Waals surface area (Å²) in [5, 5.41) is 9.21. The molecule has 7 heteroatoms. The van der Waals surface area contributed by atoms with Gasteiger partial charge in [0.1, 0.15) is 22.9 Å². The van der Waals surface area contributed by atoms with E-state index in [0.717, 1.165) is 0 Å². The van der Waals surface area contributed by atoms with Crippen molar-refractivity contribution in [3.63, 3.8) is 0 Å². The van der Waals surface area contributed by atoms with E-state index in [2.05, 4.69) is 9.97 Å². The van der Waals surface area contributed by atoms with Gasteiger partial charge >= 0.3 is 5.97 Å². The van der Waals surface area contributed by atoms with Crippen LogP contribution in [0.3, 0.4) is 0 Å². The summed E-state index contributed by atoms with van der Waals surface area (Å²) in [6.07, 6.45) is 1.29. The number of ether oxygens (including phenoxy) is 2. The number of aromatic nitrogens is 2. The van der Waals surface area contributed by atoms with E-state index in [1.54, 1.807) is 51.4 Å². The fourth-order valence-electron chi connectivity index (χ4n) is 1.98. The normalized spacial score (nSPS) is 10.2. The van der Waals surface area contributed by atoms with Crippen molar-refractivity contribution in [2.24, 2.45) is 0 Å². The van der Waals surface area contributed by atoms with Crippen LogP contribution in [0.5, 0.6) is 11.5 Å². The summed E-state index contributed by atoms with van der Waals surface area (Å²) in [5.74, 6) is 0.821. The molecule has 0 aliphatic rings. The Labute approximate surface area is 128 Å². The van der Waals surface area contributed by atoms with Gasteiger partial charge in [0.25, 0.3) is 0 Å². The Morgan fingerprint density at radius 3 is 2.50 bits per heavy atom. The van der Waals surface area contributed by atoms with E-state index in [1.165, 1.54) is 6.20 Å². The van der Waals surface area contributed by atoms with Crippen molar-refractivity contribution >= 4 is 11.8 Å². The molecule has 0 unspecified atom stereocenters. The molecule has 1 N–H and O–H groups in total. The molecule has 0 aliphatic carbocycles. The maximum atomic E-state index is 11.2. The first-order valence-corrected chi connectivity index (χ1v) is 6.48. The quantitative estimate of drug-likeness (QED) is 0.903. The number of hydrogen-bond acceptors (Lipinski definition) is 6. The van der Waals surface area contributed by atoms with E-state index in [9.17, 15) is 9.90 Å². The van der Waals surface area contributed by atoms with Gasteiger partial charge < -0.3 is 19.5 Å². The Morgan fingerprint density at radius 2 is 1.95 bits per heavy atom. The number of benzene rings is 1. The second-order valence-electron chi connectivity index (χ2n) is 4.70. The van der Waals surface area contributed by atoms with Crippen molar-refractivity contribution in [1.29, 1.82) is 0 Å². The minimum Gasteiger partial charge on any atom is -0.497 e. The molecule has 1 aromatic heterocycles. The largest absolute Gasteiger partial charge is 0.497 e. The van der Waals surface area contributed by atoms with Crippen LogP contribution in [0.25, 0.3) is 11.4 Å². The summed E-state index contributed by atoms with van der Waals surface area (Å²) in [7, 11) is 6.55. The lowest BCUT2D eigenvalue weighted by Crippen LogP contribution is -2.16. The van der Waals surface area contributed by atoms with Crippen LogP contribution < -0.4 is 14.4 Å². The smallest absolute Gasteiger partial charge is 0.341 e. The third-order valence-corrected chi connectivity index (χ3v) is 3.07. The van der Waals surface area contributed by atoms with Gasteiger partial charge in [0.05, 0.1) is 19.8 Å². The summed E-state index contributed by atoms with van der Waals surface area (Å²) in [6.45, 7) is 0. The minimum absolute atomic E-state index is 0.0376. The third-order valence-electron chi connectivity index (χ3n) is 3.07. The molecule has 0 bridgehead atoms. The van der Waals surface area contributed by atoms with Crippen LogP contribution in [0.4, 0.5) is 5.82 Å². The van der Waals surface area contributed by atoms with E-state index < -0.39 is 5.97 Å². The minimum atomic E-state index is -1.08. The van der Waals surface area contributed by atoms with Crippen LogP contribution in [0, 0.1) is 0 Å². The predicted octanol–water partition coefficient (Wildman–Crippen LogP) is 1.92. The van der Waals surface area contributed by atoms with Crippen LogP contribution in [0.15, 0.2) is 24.4 Å². The molecule has 2 rings (SSSR count). The van der Waals surface area contributed by atoms with Crippen LogP contribution in [0.2, 0.25) is 0 Å². The molecule has 0 aliphatic heterocycles. The summed E-state index contributed by atoms with van der Waals surface area (Å²) >= 11 is 0. The fourth-order valence-corrected chi connectivity index (χ4v) is 1.98. The molecule has 0 atom stereocenters. The highest BCUT2D eigenvalue weighted by Crippen LogP contribution is 2.32. The molecule has 1 heterocycles. The highest BCUT2D eigenvalue weighted by Gasteiger charge is 2.18. The van der Waals surface area contributed by atoms with Crippen molar-refractivity contribution in [3.05, 3.63) is 30.0 Å². The third kappa shape index (κ3) is 2.93. The maximum Gasteiger partial charge on any atom is 0.341 e. The molecule has 2 aromatic rings. The Kier molecular flexibility index (Phi) is 4.45. The van der Waals surface area contributed by atoms with Crippen molar-refractivity contribution in [1.82, 2.24) is 9.97 Å². The zero-order chi connectivity index (χ0) is 16.3. The number of anilines is 1. The molecule has 0 saturated carbocycles. The number of hydrogen-bond donors (Lipinski definition) is 1. The zero-order valence-corrected chi connectivity index (χ0v) is 12.8. The van der Waals surface area contributed by atoms with E-state index in [1.807, 2.05) is 0 Å². The number of carboxylic acids is 1. The van der Waals surface area contributed by atoms with Gasteiger partial charge in [-0.25, -0.2) is 14.8 Å². The maximum absolute atomic E-state index is 11.2. The lowest BCUT2D eigenvalue weighted by Gasteiger charge is -2.16. The zero-order valence-electron chi connectivity index (χ0n) is 12.8. The van der Waals surface area contributed by atoms with Crippen molar-refractivity contribution in [3.8, 4) is 22.9 Å². The Hall–Kier alpha value is -2.83. The Bertz CT molecular complexity index is 701. The molecule has 116 valence electrons. The van der Waals surface area contributed by atoms with Gasteiger partial charge in [-0.2, -0.15) is 0 Å². The lowest BCUT2D eigenvalue weighted by molar-refractivity contribution is 0.0697. The van der Waals surface area contributed by atoms with Crippen molar-refractivity contribution in [2.45, 2.75) is 0 Å². The van der Waals surface area contributed by atoms with Gasteiger partial charge in [0.15, 0.2) is 5.82 Å². The Morgan fingerprint density at radius 1 is 1.23 bits per heavy atom. The summed E-state index contributed by atoms with van der Waals surface area (Å²) in [5.41, 5.74) is 0.664. The van der Waals surface area contributed by atoms with Gasteiger partial charge in [0.2, 0.25) is 0 Å². The molecule has 1 aromatic carbocycles. The van der Waals surface area contributed by atoms with Gasteiger partial charge in [0, 0.05) is 20.3 Å². The molecule has 0 radical (unpaired) electrons. The van der Waals surface area contributed by atoms with Crippen LogP contribution in [-0.4, -0.2) is 49.4 Å². The highest BCUT2D eigenvalue weighted by atomic mass is 16.5. The monoisotopic (exact) mass is 303 g/mol. The van der Waals surface area contributed by atoms with Gasteiger partial charge in [-0.1, -0.05) is 0 Å². The standard InChI is InChI=1S/C15H17N3O4/c1-18(2)14-11(15(19)20)8-16-13(17-14)10-7-9(21-3)5-6-12(10)22-4/h5-8H,1-4H3,(H,19,20). The number of nitrogens with zero attached hydrogens (tertiary/aromatic N) is 3. The van der Waals surface area contributed by atoms with Crippen LogP contribution in [-0.2, 0) is 0 Å². The first-order valence-electron chi connectivity index (χ1n) is 6.48. The molecule has 22 heavy (non-hydrogen) atoms. The average Bonchev–Trinajstić information content (AvgIpc) is 2.53. The van der Waals surface area contributed by atoms with Crippen LogP contribution >= 0.6 is 0 Å². The first kappa shape index (κ1) is 15.6. The summed E-state index contributed by atoms with van der Waals surface area (Å²) in [6, 6.07) is 5.26. The van der Waals surface area contributed by atoms with E-state index in [4.69, 9.17) is 9.47 Å². The van der Waals surface area contributed by atoms with Crippen LogP contribution in [0.1, 0.15) is 10.4 Å². The average molecular weight is 303 g/mol. The predicted molar refractivity (Wildman–Crippen MR) is 81.9 cm³/mol. The Balaban J connectivity index is 2.62. The first-order chi connectivity index (χ1) is 10.5. The second kappa shape index (κ2) is 6.30.